The number of carbonyl (C=O) groups is 1. The molecule has 3 aliphatic rings. The first-order valence-corrected chi connectivity index (χ1v) is 12.0. The Morgan fingerprint density at radius 1 is 1.22 bits per heavy atom. The van der Waals surface area contributed by atoms with Gasteiger partial charge in [-0.25, -0.2) is 8.42 Å². The summed E-state index contributed by atoms with van der Waals surface area (Å²) in [5.74, 6) is 1.30. The summed E-state index contributed by atoms with van der Waals surface area (Å²) >= 11 is 0. The molecule has 2 aliphatic carbocycles. The van der Waals surface area contributed by atoms with Gasteiger partial charge >= 0.3 is 0 Å². The minimum absolute atomic E-state index is 0.0417. The number of hydrogen-bond acceptors (Lipinski definition) is 5. The van der Waals surface area contributed by atoms with Crippen LogP contribution >= 0.6 is 0 Å². The Morgan fingerprint density at radius 2 is 1.96 bits per heavy atom. The van der Waals surface area contributed by atoms with Gasteiger partial charge in [-0.2, -0.15) is 5.10 Å². The molecule has 2 fully saturated rings. The molecule has 2 saturated carbocycles. The van der Waals surface area contributed by atoms with Crippen LogP contribution in [0.1, 0.15) is 49.3 Å². The molecule has 1 aliphatic heterocycles. The number of nitrogens with zero attached hydrogens (tertiary/aromatic N) is 3. The smallest absolute Gasteiger partial charge is 0.223 e. The third kappa shape index (κ3) is 5.31. The van der Waals surface area contributed by atoms with Crippen molar-refractivity contribution in [2.24, 2.45) is 11.8 Å². The Kier molecular flexibility index (Phi) is 5.29. The number of sulfone groups is 1. The van der Waals surface area contributed by atoms with Crippen LogP contribution in [0.5, 0.6) is 0 Å². The second kappa shape index (κ2) is 7.54. The molecule has 1 amide bonds. The highest BCUT2D eigenvalue weighted by molar-refractivity contribution is 7.90. The maximum Gasteiger partial charge on any atom is 0.223 e. The van der Waals surface area contributed by atoms with Gasteiger partial charge in [0.25, 0.3) is 0 Å². The first-order valence-electron chi connectivity index (χ1n) is 9.97. The molecule has 1 aromatic heterocycles. The lowest BCUT2D eigenvalue weighted by Crippen LogP contribution is -2.40. The fourth-order valence-electron chi connectivity index (χ4n) is 3.64. The summed E-state index contributed by atoms with van der Waals surface area (Å²) in [7, 11) is -3.14. The van der Waals surface area contributed by atoms with Gasteiger partial charge in [0.05, 0.1) is 18.1 Å². The van der Waals surface area contributed by atoms with E-state index in [-0.39, 0.29) is 24.0 Å². The van der Waals surface area contributed by atoms with Crippen LogP contribution in [-0.4, -0.2) is 60.8 Å². The first-order chi connectivity index (χ1) is 12.9. The molecule has 7 nitrogen and oxygen atoms in total. The minimum atomic E-state index is -3.14. The third-order valence-corrected chi connectivity index (χ3v) is 6.56. The molecule has 0 saturated heterocycles. The van der Waals surface area contributed by atoms with Gasteiger partial charge in [0.15, 0.2) is 0 Å². The predicted molar refractivity (Wildman–Crippen MR) is 101 cm³/mol. The standard InChI is InChI=1S/C19H29N3O4S/c1-27(24,25)7-6-18(23)21-9-16-11-22(8-14-2-3-14)20-19(16)17(10-21)13-26-12-15-4-5-15/h11,14-15,17H,2-10,12-13H2,1H3. The van der Waals surface area contributed by atoms with Gasteiger partial charge in [0.2, 0.25) is 5.91 Å². The van der Waals surface area contributed by atoms with E-state index in [1.54, 1.807) is 4.90 Å². The summed E-state index contributed by atoms with van der Waals surface area (Å²) in [5, 5.41) is 4.81. The molecule has 1 atom stereocenters. The normalized spacial score (nSPS) is 22.7. The van der Waals surface area contributed by atoms with Crippen LogP contribution < -0.4 is 0 Å². The van der Waals surface area contributed by atoms with Gasteiger partial charge in [0.1, 0.15) is 9.84 Å². The van der Waals surface area contributed by atoms with E-state index in [0.717, 1.165) is 30.3 Å². The molecule has 8 heteroatoms. The van der Waals surface area contributed by atoms with Crippen molar-refractivity contribution in [1.29, 1.82) is 0 Å². The first kappa shape index (κ1) is 18.9. The molecule has 2 heterocycles. The van der Waals surface area contributed by atoms with E-state index in [1.807, 2.05) is 4.68 Å². The van der Waals surface area contributed by atoms with Gasteiger partial charge < -0.3 is 9.64 Å². The largest absolute Gasteiger partial charge is 0.380 e. The Balaban J connectivity index is 1.44. The summed E-state index contributed by atoms with van der Waals surface area (Å²) in [5.41, 5.74) is 2.13. The lowest BCUT2D eigenvalue weighted by atomic mass is 9.97. The quantitative estimate of drug-likeness (QED) is 0.634. The number of aromatic nitrogens is 2. The highest BCUT2D eigenvalue weighted by atomic mass is 32.2. The molecule has 27 heavy (non-hydrogen) atoms. The van der Waals surface area contributed by atoms with Crippen molar-refractivity contribution in [3.8, 4) is 0 Å². The van der Waals surface area contributed by atoms with Gasteiger partial charge in [-0.3, -0.25) is 9.48 Å². The Morgan fingerprint density at radius 3 is 2.63 bits per heavy atom. The molecular weight excluding hydrogens is 366 g/mol. The Hall–Kier alpha value is -1.41. The summed E-state index contributed by atoms with van der Waals surface area (Å²) in [6.45, 7) is 3.38. The van der Waals surface area contributed by atoms with Crippen molar-refractivity contribution in [2.45, 2.75) is 51.1 Å². The zero-order chi connectivity index (χ0) is 19.0. The molecule has 0 radical (unpaired) electrons. The number of amides is 1. The number of ether oxygens (including phenoxy) is 1. The van der Waals surface area contributed by atoms with Crippen LogP contribution in [0.25, 0.3) is 0 Å². The topological polar surface area (TPSA) is 81.5 Å². The molecule has 4 rings (SSSR count). The molecule has 0 spiro atoms. The van der Waals surface area contributed by atoms with Gasteiger partial charge in [-0.05, 0) is 37.5 Å². The fraction of sp³-hybridized carbons (Fsp3) is 0.789. The van der Waals surface area contributed by atoms with E-state index in [4.69, 9.17) is 9.84 Å². The molecule has 1 unspecified atom stereocenters. The molecule has 150 valence electrons. The zero-order valence-electron chi connectivity index (χ0n) is 16.0. The monoisotopic (exact) mass is 395 g/mol. The van der Waals surface area contributed by atoms with Crippen molar-refractivity contribution in [3.05, 3.63) is 17.5 Å². The number of fused-ring (bicyclic) bond motifs is 1. The van der Waals surface area contributed by atoms with Crippen LogP contribution in [0.3, 0.4) is 0 Å². The second-order valence-electron chi connectivity index (χ2n) is 8.54. The predicted octanol–water partition coefficient (Wildman–Crippen LogP) is 1.58. The van der Waals surface area contributed by atoms with Crippen LogP contribution in [-0.2, 0) is 32.5 Å². The van der Waals surface area contributed by atoms with Crippen molar-refractivity contribution in [2.75, 3.05) is 31.8 Å². The van der Waals surface area contributed by atoms with E-state index >= 15 is 0 Å². The lowest BCUT2D eigenvalue weighted by molar-refractivity contribution is -0.132. The van der Waals surface area contributed by atoms with Crippen LogP contribution in [0, 0.1) is 11.8 Å². The van der Waals surface area contributed by atoms with Crippen LogP contribution in [0.2, 0.25) is 0 Å². The second-order valence-corrected chi connectivity index (χ2v) is 10.8. The van der Waals surface area contributed by atoms with Gasteiger partial charge in [0, 0.05) is 56.6 Å². The maximum absolute atomic E-state index is 12.6. The van der Waals surface area contributed by atoms with E-state index in [0.29, 0.717) is 25.6 Å². The fourth-order valence-corrected chi connectivity index (χ4v) is 4.18. The maximum atomic E-state index is 12.6. The third-order valence-electron chi connectivity index (χ3n) is 5.61. The summed E-state index contributed by atoms with van der Waals surface area (Å²) in [6.07, 6.45) is 8.33. The molecule has 0 N–H and O–H groups in total. The van der Waals surface area contributed by atoms with Crippen molar-refractivity contribution < 1.29 is 17.9 Å². The summed E-state index contributed by atoms with van der Waals surface area (Å²) in [6, 6.07) is 0. The number of hydrogen-bond donors (Lipinski definition) is 0. The average Bonchev–Trinajstić information content (AvgIpc) is 3.51. The van der Waals surface area contributed by atoms with Gasteiger partial charge in [-0.1, -0.05) is 0 Å². The average molecular weight is 396 g/mol. The Labute approximate surface area is 161 Å². The highest BCUT2D eigenvalue weighted by Crippen LogP contribution is 2.33. The molecular formula is C19H29N3O4S. The molecule has 0 aromatic carbocycles. The van der Waals surface area contributed by atoms with Gasteiger partial charge in [-0.15, -0.1) is 0 Å². The van der Waals surface area contributed by atoms with Crippen molar-refractivity contribution in [1.82, 2.24) is 14.7 Å². The summed E-state index contributed by atoms with van der Waals surface area (Å²) < 4.78 is 30.7. The molecule has 0 bridgehead atoms. The SMILES string of the molecule is CS(=O)(=O)CCC(=O)N1Cc2cn(CC3CC3)nc2C(COCC2CC2)C1. The van der Waals surface area contributed by atoms with E-state index in [2.05, 4.69) is 6.20 Å². The number of carbonyl (C=O) groups excluding carboxylic acids is 1. The lowest BCUT2D eigenvalue weighted by Gasteiger charge is -2.32. The van der Waals surface area contributed by atoms with E-state index < -0.39 is 9.84 Å². The van der Waals surface area contributed by atoms with Crippen molar-refractivity contribution in [3.63, 3.8) is 0 Å². The summed E-state index contributed by atoms with van der Waals surface area (Å²) in [4.78, 5) is 14.4. The zero-order valence-corrected chi connectivity index (χ0v) is 16.8. The molecule has 1 aromatic rings. The van der Waals surface area contributed by atoms with Crippen LogP contribution in [0.4, 0.5) is 0 Å². The van der Waals surface area contributed by atoms with Crippen LogP contribution in [0.15, 0.2) is 6.20 Å². The number of rotatable bonds is 9. The van der Waals surface area contributed by atoms with E-state index in [1.165, 1.54) is 31.9 Å². The highest BCUT2D eigenvalue weighted by Gasteiger charge is 2.33. The van der Waals surface area contributed by atoms with Crippen molar-refractivity contribution >= 4 is 15.7 Å². The minimum Gasteiger partial charge on any atom is -0.380 e. The van der Waals surface area contributed by atoms with E-state index in [9.17, 15) is 13.2 Å². The Bertz CT molecular complexity index is 796.